The molecule has 6 heteroatoms. The molecule has 10 unspecified atom stereocenters. The zero-order chi connectivity index (χ0) is 23.7. The Balaban J connectivity index is 1.20. The lowest BCUT2D eigenvalue weighted by Gasteiger charge is -2.62. The molecular weight excluding hydrogens is 426 g/mol. The second-order valence-corrected chi connectivity index (χ2v) is 13.6. The number of aliphatic hydroxyl groups is 1. The summed E-state index contributed by atoms with van der Waals surface area (Å²) in [5, 5.41) is 15.7. The minimum absolute atomic E-state index is 0.133. The molecule has 5 saturated carbocycles. The Bertz CT molecular complexity index is 858. The highest BCUT2D eigenvalue weighted by Gasteiger charge is 2.63. The molecule has 0 aromatic rings. The van der Waals surface area contributed by atoms with Gasteiger partial charge in [-0.05, 0) is 122 Å². The van der Waals surface area contributed by atoms with E-state index in [4.69, 9.17) is 9.85 Å². The van der Waals surface area contributed by atoms with E-state index < -0.39 is 5.60 Å². The zero-order valence-corrected chi connectivity index (χ0v) is 21.6. The maximum absolute atomic E-state index is 13.6. The molecule has 6 aliphatic rings. The summed E-state index contributed by atoms with van der Waals surface area (Å²) in [6.45, 7) is 5.77. The molecule has 0 amide bonds. The molecule has 0 spiro atoms. The molecule has 10 atom stereocenters. The van der Waals surface area contributed by atoms with Crippen molar-refractivity contribution in [1.29, 1.82) is 0 Å². The fourth-order valence-electron chi connectivity index (χ4n) is 10.3. The highest BCUT2D eigenvalue weighted by molar-refractivity contribution is 5.83. The standard InChI is InChI=1S/C28H46N3O3/c1-26(33)12-13-28(17-34-3)18(15-26)4-7-21-22-8-9-24(27(22,2)11-10-23(21)28)25(32)16-31-29-19-5-6-20(14-19)30-31/h18-24,33H,4-17H2,1-3H3,(H,29,30)/q+1. The number of Topliss-reactive ketones (excluding diaryl/α,β-unsaturated/α-hetero) is 1. The van der Waals surface area contributed by atoms with Crippen LogP contribution in [0.3, 0.4) is 0 Å². The Hall–Kier alpha value is -1.01. The highest BCUT2D eigenvalue weighted by atomic mass is 16.5. The van der Waals surface area contributed by atoms with Crippen LogP contribution in [0.1, 0.15) is 90.9 Å². The van der Waals surface area contributed by atoms with Gasteiger partial charge in [0.2, 0.25) is 5.78 Å². The van der Waals surface area contributed by atoms with E-state index in [9.17, 15) is 9.90 Å². The number of carbonyl (C=O) groups excluding carboxylic acids is 1. The van der Waals surface area contributed by atoms with Crippen molar-refractivity contribution in [3.8, 4) is 0 Å². The summed E-state index contributed by atoms with van der Waals surface area (Å²) >= 11 is 0. The molecule has 5 aliphatic carbocycles. The summed E-state index contributed by atoms with van der Waals surface area (Å²) in [7, 11) is 1.87. The molecule has 2 bridgehead atoms. The summed E-state index contributed by atoms with van der Waals surface area (Å²) < 4.78 is 5.90. The number of hydrogen-bond acceptors (Lipinski definition) is 5. The fraction of sp³-hybridized carbons (Fsp3) is 0.964. The first-order valence-electron chi connectivity index (χ1n) is 14.2. The van der Waals surface area contributed by atoms with Crippen LogP contribution < -0.4 is 5.43 Å². The largest absolute Gasteiger partial charge is 0.390 e. The van der Waals surface area contributed by atoms with Gasteiger partial charge in [-0.25, -0.2) is 0 Å². The van der Waals surface area contributed by atoms with E-state index in [1.807, 2.05) is 18.8 Å². The van der Waals surface area contributed by atoms with Crippen molar-refractivity contribution in [2.24, 2.45) is 45.5 Å². The Labute approximate surface area is 205 Å². The summed E-state index contributed by atoms with van der Waals surface area (Å²) in [6.07, 6.45) is 13.5. The van der Waals surface area contributed by atoms with Crippen LogP contribution >= 0.6 is 0 Å². The monoisotopic (exact) mass is 472 g/mol. The lowest BCUT2D eigenvalue weighted by molar-refractivity contribution is -0.651. The second kappa shape index (κ2) is 8.26. The third kappa shape index (κ3) is 3.60. The maximum atomic E-state index is 13.6. The number of nitrogens with zero attached hydrogens (tertiary/aromatic N) is 2. The van der Waals surface area contributed by atoms with Crippen LogP contribution in [0.4, 0.5) is 0 Å². The van der Waals surface area contributed by atoms with E-state index in [0.29, 0.717) is 48.1 Å². The molecule has 0 saturated heterocycles. The van der Waals surface area contributed by atoms with Crippen LogP contribution in [0.25, 0.3) is 0 Å². The smallest absolute Gasteiger partial charge is 0.257 e. The van der Waals surface area contributed by atoms with Crippen LogP contribution in [-0.4, -0.2) is 53.6 Å². The minimum atomic E-state index is -0.518. The number of fused-ring (bicyclic) bond motifs is 7. The zero-order valence-electron chi connectivity index (χ0n) is 21.6. The normalized spacial score (nSPS) is 51.6. The predicted octanol–water partition coefficient (Wildman–Crippen LogP) is 4.50. The first kappa shape index (κ1) is 23.4. The van der Waals surface area contributed by atoms with Gasteiger partial charge < -0.3 is 9.84 Å². The number of hydrogen-bond donors (Lipinski definition) is 2. The Morgan fingerprint density at radius 3 is 2.71 bits per heavy atom. The van der Waals surface area contributed by atoms with E-state index in [0.717, 1.165) is 45.1 Å². The molecule has 1 aliphatic heterocycles. The second-order valence-electron chi connectivity index (χ2n) is 13.6. The minimum Gasteiger partial charge on any atom is -0.390 e. The van der Waals surface area contributed by atoms with Crippen LogP contribution in [0.5, 0.6) is 0 Å². The number of carbonyl (C=O) groups is 1. The van der Waals surface area contributed by atoms with Crippen molar-refractivity contribution in [3.63, 3.8) is 0 Å². The summed E-state index contributed by atoms with van der Waals surface area (Å²) in [4.78, 5) is 15.5. The number of ketones is 1. The number of methoxy groups -OCH3 is 1. The molecule has 190 valence electrons. The number of rotatable bonds is 5. The lowest BCUT2D eigenvalue weighted by Crippen LogP contribution is -2.58. The molecule has 6 rings (SSSR count). The SMILES string of the molecule is COCC12CCC(C)(O)CC1CCC1C3CCC(C(=O)C[N+]4=NC5CCC(C5)N4)C3(C)CCC12. The number of nitrogens with one attached hydrogen (secondary N) is 1. The molecule has 1 heterocycles. The van der Waals surface area contributed by atoms with Crippen molar-refractivity contribution in [2.75, 3.05) is 20.3 Å². The molecular formula is C28H46N3O3+. The van der Waals surface area contributed by atoms with Crippen molar-refractivity contribution >= 4 is 5.78 Å². The van der Waals surface area contributed by atoms with Gasteiger partial charge in [-0.15, -0.1) is 0 Å². The molecule has 6 nitrogen and oxygen atoms in total. The summed E-state index contributed by atoms with van der Waals surface area (Å²) in [5.41, 5.74) is 3.33. The first-order valence-corrected chi connectivity index (χ1v) is 14.2. The predicted molar refractivity (Wildman–Crippen MR) is 129 cm³/mol. The van der Waals surface area contributed by atoms with Gasteiger partial charge in [0, 0.05) is 19.4 Å². The summed E-state index contributed by atoms with van der Waals surface area (Å²) in [6, 6.07) is 0.936. The third-order valence-corrected chi connectivity index (χ3v) is 11.8. The fourth-order valence-corrected chi connectivity index (χ4v) is 10.3. The molecule has 0 aromatic heterocycles. The topological polar surface area (TPSA) is 73.9 Å². The number of hydrazine groups is 1. The molecule has 34 heavy (non-hydrogen) atoms. The van der Waals surface area contributed by atoms with Crippen LogP contribution in [0.15, 0.2) is 5.11 Å². The van der Waals surface area contributed by atoms with E-state index in [-0.39, 0.29) is 16.7 Å². The van der Waals surface area contributed by atoms with Crippen molar-refractivity contribution in [3.05, 3.63) is 0 Å². The molecule has 0 aromatic carbocycles. The Kier molecular flexibility index (Phi) is 5.68. The summed E-state index contributed by atoms with van der Waals surface area (Å²) in [5.74, 6) is 3.21. The van der Waals surface area contributed by atoms with Crippen LogP contribution in [-0.2, 0) is 9.53 Å². The molecule has 2 N–H and O–H groups in total. The van der Waals surface area contributed by atoms with Gasteiger partial charge in [-0.3, -0.25) is 4.79 Å². The Morgan fingerprint density at radius 1 is 1.06 bits per heavy atom. The number of ether oxygens (including phenoxy) is 1. The van der Waals surface area contributed by atoms with Gasteiger partial charge >= 0.3 is 0 Å². The lowest BCUT2D eigenvalue weighted by atomic mass is 9.43. The van der Waals surface area contributed by atoms with Crippen molar-refractivity contribution in [2.45, 2.75) is 109 Å². The Morgan fingerprint density at radius 2 is 1.91 bits per heavy atom. The van der Waals surface area contributed by atoms with E-state index >= 15 is 0 Å². The first-order chi connectivity index (χ1) is 16.2. The molecule has 0 radical (unpaired) electrons. The van der Waals surface area contributed by atoms with Crippen LogP contribution in [0, 0.1) is 40.4 Å². The quantitative estimate of drug-likeness (QED) is 0.578. The maximum Gasteiger partial charge on any atom is 0.257 e. The van der Waals surface area contributed by atoms with Gasteiger partial charge in [0.15, 0.2) is 0 Å². The van der Waals surface area contributed by atoms with Gasteiger partial charge in [0.25, 0.3) is 6.54 Å². The van der Waals surface area contributed by atoms with Gasteiger partial charge in [0.05, 0.1) is 18.2 Å². The van der Waals surface area contributed by atoms with E-state index in [1.165, 1.54) is 38.5 Å². The molecule has 5 fully saturated rings. The van der Waals surface area contributed by atoms with Crippen molar-refractivity contribution < 1.29 is 19.4 Å². The average Bonchev–Trinajstić information content (AvgIpc) is 3.32. The van der Waals surface area contributed by atoms with Gasteiger partial charge in [0.1, 0.15) is 6.04 Å². The van der Waals surface area contributed by atoms with Gasteiger partial charge in [-0.1, -0.05) is 6.92 Å². The van der Waals surface area contributed by atoms with E-state index in [1.54, 1.807) is 0 Å². The highest BCUT2D eigenvalue weighted by Crippen LogP contribution is 2.68. The third-order valence-electron chi connectivity index (χ3n) is 11.8. The van der Waals surface area contributed by atoms with Crippen LogP contribution in [0.2, 0.25) is 0 Å². The average molecular weight is 473 g/mol. The number of azo groups is 1. The van der Waals surface area contributed by atoms with Gasteiger partial charge in [-0.2, -0.15) is 5.43 Å². The van der Waals surface area contributed by atoms with E-state index in [2.05, 4.69) is 12.3 Å². The van der Waals surface area contributed by atoms with Crippen molar-refractivity contribution in [1.82, 2.24) is 5.43 Å².